The fourth-order valence-electron chi connectivity index (χ4n) is 2.69. The van der Waals surface area contributed by atoms with Crippen LogP contribution in [0.5, 0.6) is 0 Å². The van der Waals surface area contributed by atoms with E-state index >= 15 is 0 Å². The molecule has 0 radical (unpaired) electrons. The van der Waals surface area contributed by atoms with Gasteiger partial charge < -0.3 is 14.6 Å². The number of H-pyrrole nitrogens is 1. The van der Waals surface area contributed by atoms with E-state index < -0.39 is 0 Å². The number of ether oxygens (including phenoxy) is 1. The van der Waals surface area contributed by atoms with Crippen LogP contribution in [-0.2, 0) is 4.74 Å². The van der Waals surface area contributed by atoms with Crippen LogP contribution in [0.15, 0.2) is 43.1 Å². The van der Waals surface area contributed by atoms with Gasteiger partial charge in [-0.3, -0.25) is 4.79 Å². The Morgan fingerprint density at radius 2 is 2.40 bits per heavy atom. The molecule has 1 amide bonds. The molecular weight excluding hydrogens is 252 g/mol. The largest absolute Gasteiger partial charge is 0.372 e. The predicted octanol–water partition coefficient (Wildman–Crippen LogP) is 2.59. The number of carbonyl (C=O) groups excluding carboxylic acids is 1. The van der Waals surface area contributed by atoms with Gasteiger partial charge in [0.2, 0.25) is 0 Å². The third-order valence-electron chi connectivity index (χ3n) is 3.70. The van der Waals surface area contributed by atoms with Crippen molar-refractivity contribution in [1.82, 2.24) is 9.88 Å². The lowest BCUT2D eigenvalue weighted by Gasteiger charge is -2.17. The number of likely N-dealkylation sites (tertiary alicyclic amines) is 1. The van der Waals surface area contributed by atoms with Crippen molar-refractivity contribution >= 4 is 16.8 Å². The second-order valence-corrected chi connectivity index (χ2v) is 5.03. The number of benzene rings is 1. The van der Waals surface area contributed by atoms with E-state index in [-0.39, 0.29) is 12.0 Å². The minimum atomic E-state index is 0.0720. The average molecular weight is 270 g/mol. The third-order valence-corrected chi connectivity index (χ3v) is 3.70. The number of nitrogens with zero attached hydrogens (tertiary/aromatic N) is 1. The fraction of sp³-hybridized carbons (Fsp3) is 0.312. The van der Waals surface area contributed by atoms with Crippen LogP contribution in [0.1, 0.15) is 16.8 Å². The van der Waals surface area contributed by atoms with E-state index in [9.17, 15) is 4.79 Å². The molecule has 4 nitrogen and oxygen atoms in total. The van der Waals surface area contributed by atoms with E-state index in [0.29, 0.717) is 13.2 Å². The maximum Gasteiger partial charge on any atom is 0.256 e. The van der Waals surface area contributed by atoms with Crippen LogP contribution in [0.4, 0.5) is 0 Å². The lowest BCUT2D eigenvalue weighted by molar-refractivity contribution is 0.0655. The molecule has 1 aromatic heterocycles. The Morgan fingerprint density at radius 1 is 1.50 bits per heavy atom. The zero-order valence-electron chi connectivity index (χ0n) is 11.3. The minimum absolute atomic E-state index is 0.0720. The van der Waals surface area contributed by atoms with E-state index in [1.165, 1.54) is 0 Å². The highest BCUT2D eigenvalue weighted by Crippen LogP contribution is 2.21. The summed E-state index contributed by atoms with van der Waals surface area (Å²) in [6, 6.07) is 7.78. The van der Waals surface area contributed by atoms with Crippen LogP contribution < -0.4 is 0 Å². The molecule has 1 saturated heterocycles. The summed E-state index contributed by atoms with van der Waals surface area (Å²) in [6.45, 7) is 5.59. The maximum atomic E-state index is 12.6. The van der Waals surface area contributed by atoms with Gasteiger partial charge in [-0.25, -0.2) is 0 Å². The number of aromatic amines is 1. The Bertz CT molecular complexity index is 632. The first-order valence-electron chi connectivity index (χ1n) is 6.87. The molecule has 2 aromatic rings. The second kappa shape index (κ2) is 5.51. The second-order valence-electron chi connectivity index (χ2n) is 5.03. The normalized spacial score (nSPS) is 18.6. The highest BCUT2D eigenvalue weighted by atomic mass is 16.5. The monoisotopic (exact) mass is 270 g/mol. The summed E-state index contributed by atoms with van der Waals surface area (Å²) in [7, 11) is 0. The summed E-state index contributed by atoms with van der Waals surface area (Å²) in [6.07, 6.45) is 4.62. The molecule has 1 fully saturated rings. The van der Waals surface area contributed by atoms with Crippen LogP contribution in [0.3, 0.4) is 0 Å². The zero-order chi connectivity index (χ0) is 13.9. The summed E-state index contributed by atoms with van der Waals surface area (Å²) in [5.74, 6) is 0.0720. The molecule has 104 valence electrons. The van der Waals surface area contributed by atoms with E-state index in [0.717, 1.165) is 29.4 Å². The average Bonchev–Trinajstić information content (AvgIpc) is 3.12. The molecule has 3 rings (SSSR count). The summed E-state index contributed by atoms with van der Waals surface area (Å²) >= 11 is 0. The molecule has 0 bridgehead atoms. The van der Waals surface area contributed by atoms with Crippen molar-refractivity contribution in [2.45, 2.75) is 12.5 Å². The van der Waals surface area contributed by atoms with Crippen molar-refractivity contribution in [1.29, 1.82) is 0 Å². The predicted molar refractivity (Wildman–Crippen MR) is 78.8 cm³/mol. The summed E-state index contributed by atoms with van der Waals surface area (Å²) in [5.41, 5.74) is 1.64. The molecule has 0 saturated carbocycles. The van der Waals surface area contributed by atoms with E-state index in [1.54, 1.807) is 6.08 Å². The zero-order valence-corrected chi connectivity index (χ0v) is 11.3. The summed E-state index contributed by atoms with van der Waals surface area (Å²) < 4.78 is 5.62. The topological polar surface area (TPSA) is 45.3 Å². The molecular formula is C16H18N2O2. The Labute approximate surface area is 118 Å². The van der Waals surface area contributed by atoms with Crippen molar-refractivity contribution in [2.24, 2.45) is 0 Å². The van der Waals surface area contributed by atoms with E-state index in [4.69, 9.17) is 4.74 Å². The molecule has 1 unspecified atom stereocenters. The number of hydrogen-bond acceptors (Lipinski definition) is 2. The molecule has 1 aromatic carbocycles. The number of para-hydroxylation sites is 1. The van der Waals surface area contributed by atoms with Gasteiger partial charge in [0.05, 0.1) is 23.8 Å². The van der Waals surface area contributed by atoms with Crippen LogP contribution in [0.2, 0.25) is 0 Å². The number of aromatic nitrogens is 1. The number of rotatable bonds is 4. The first-order chi connectivity index (χ1) is 9.79. The fourth-order valence-corrected chi connectivity index (χ4v) is 2.69. The molecule has 4 heteroatoms. The Balaban J connectivity index is 1.76. The van der Waals surface area contributed by atoms with Crippen LogP contribution >= 0.6 is 0 Å². The lowest BCUT2D eigenvalue weighted by Crippen LogP contribution is -2.30. The number of nitrogens with one attached hydrogen (secondary N) is 1. The Morgan fingerprint density at radius 3 is 3.25 bits per heavy atom. The first kappa shape index (κ1) is 12.9. The Hall–Kier alpha value is -2.07. The molecule has 0 aliphatic carbocycles. The SMILES string of the molecule is C=CCOC1CCN(C(=O)c2cccc3cc[nH]c23)C1. The maximum absolute atomic E-state index is 12.6. The van der Waals surface area contributed by atoms with Gasteiger partial charge in [-0.15, -0.1) is 6.58 Å². The molecule has 1 N–H and O–H groups in total. The van der Waals surface area contributed by atoms with Gasteiger partial charge >= 0.3 is 0 Å². The standard InChI is InChI=1S/C16H18N2O2/c1-2-10-20-13-7-9-18(11-13)16(19)14-5-3-4-12-6-8-17-15(12)14/h2-6,8,13,17H,1,7,9-11H2. The Kier molecular flexibility index (Phi) is 3.56. The molecule has 1 atom stereocenters. The van der Waals surface area contributed by atoms with Gasteiger partial charge in [-0.05, 0) is 18.6 Å². The number of hydrogen-bond donors (Lipinski definition) is 1. The van der Waals surface area contributed by atoms with Gasteiger partial charge in [-0.2, -0.15) is 0 Å². The van der Waals surface area contributed by atoms with Gasteiger partial charge in [-0.1, -0.05) is 18.2 Å². The van der Waals surface area contributed by atoms with Gasteiger partial charge in [0.15, 0.2) is 0 Å². The van der Waals surface area contributed by atoms with E-state index in [2.05, 4.69) is 11.6 Å². The first-order valence-corrected chi connectivity index (χ1v) is 6.87. The van der Waals surface area contributed by atoms with Gasteiger partial charge in [0.25, 0.3) is 5.91 Å². The molecule has 20 heavy (non-hydrogen) atoms. The van der Waals surface area contributed by atoms with Crippen molar-refractivity contribution in [2.75, 3.05) is 19.7 Å². The van der Waals surface area contributed by atoms with Crippen LogP contribution in [0, 0.1) is 0 Å². The third kappa shape index (κ3) is 2.34. The summed E-state index contributed by atoms with van der Waals surface area (Å²) in [4.78, 5) is 17.6. The molecule has 2 heterocycles. The van der Waals surface area contributed by atoms with Gasteiger partial charge in [0, 0.05) is 24.7 Å². The number of fused-ring (bicyclic) bond motifs is 1. The molecule has 1 aliphatic heterocycles. The highest BCUT2D eigenvalue weighted by molar-refractivity contribution is 6.05. The number of carbonyl (C=O) groups is 1. The molecule has 0 spiro atoms. The molecule has 1 aliphatic rings. The van der Waals surface area contributed by atoms with Crippen molar-refractivity contribution < 1.29 is 9.53 Å². The summed E-state index contributed by atoms with van der Waals surface area (Å²) in [5, 5.41) is 1.06. The lowest BCUT2D eigenvalue weighted by atomic mass is 10.1. The number of amides is 1. The highest BCUT2D eigenvalue weighted by Gasteiger charge is 2.28. The smallest absolute Gasteiger partial charge is 0.256 e. The van der Waals surface area contributed by atoms with Crippen molar-refractivity contribution in [3.63, 3.8) is 0 Å². The quantitative estimate of drug-likeness (QED) is 0.868. The van der Waals surface area contributed by atoms with E-state index in [1.807, 2.05) is 35.4 Å². The van der Waals surface area contributed by atoms with Crippen molar-refractivity contribution in [3.05, 3.63) is 48.7 Å². The van der Waals surface area contributed by atoms with Crippen LogP contribution in [-0.4, -0.2) is 41.6 Å². The van der Waals surface area contributed by atoms with Crippen molar-refractivity contribution in [3.8, 4) is 0 Å². The van der Waals surface area contributed by atoms with Gasteiger partial charge in [0.1, 0.15) is 0 Å². The van der Waals surface area contributed by atoms with Crippen LogP contribution in [0.25, 0.3) is 10.9 Å². The minimum Gasteiger partial charge on any atom is -0.372 e.